The zero-order valence-electron chi connectivity index (χ0n) is 18.7. The van der Waals surface area contributed by atoms with E-state index in [-0.39, 0.29) is 24.4 Å². The van der Waals surface area contributed by atoms with E-state index < -0.39 is 5.60 Å². The maximum absolute atomic E-state index is 12.0. The monoisotopic (exact) mass is 377 g/mol. The van der Waals surface area contributed by atoms with Gasteiger partial charge in [-0.2, -0.15) is 0 Å². The fraction of sp³-hybridized carbons (Fsp3) is 0.667. The summed E-state index contributed by atoms with van der Waals surface area (Å²) in [7, 11) is 1.36. The summed E-state index contributed by atoms with van der Waals surface area (Å²) in [6, 6.07) is 7.95. The topological polar surface area (TPSA) is 48.0 Å². The predicted molar refractivity (Wildman–Crippen MR) is 111 cm³/mol. The van der Waals surface area contributed by atoms with E-state index in [1.54, 1.807) is 11.9 Å². The van der Waals surface area contributed by atoms with Crippen LogP contribution in [-0.4, -0.2) is 42.0 Å². The van der Waals surface area contributed by atoms with Gasteiger partial charge in [0, 0.05) is 13.6 Å². The Hall–Kier alpha value is -1.53. The molecule has 0 aliphatic carbocycles. The molecule has 1 aromatic carbocycles. The van der Waals surface area contributed by atoms with Crippen molar-refractivity contribution in [3.8, 4) is 0 Å². The van der Waals surface area contributed by atoms with Gasteiger partial charge in [0.25, 0.3) is 0 Å². The van der Waals surface area contributed by atoms with Gasteiger partial charge in [-0.05, 0) is 59.5 Å². The van der Waals surface area contributed by atoms with Crippen LogP contribution in [0.5, 0.6) is 0 Å². The summed E-state index contributed by atoms with van der Waals surface area (Å²) in [6.07, 6.45) is -0.331. The second-order valence-corrected chi connectivity index (χ2v) is 8.67. The summed E-state index contributed by atoms with van der Waals surface area (Å²) in [6.45, 7) is 18.2. The summed E-state index contributed by atoms with van der Waals surface area (Å²) < 4.78 is 17.5. The van der Waals surface area contributed by atoms with Gasteiger partial charge in [0.05, 0.1) is 11.2 Å². The third-order valence-electron chi connectivity index (χ3n) is 4.63. The molecule has 1 aromatic rings. The van der Waals surface area contributed by atoms with Crippen LogP contribution in [0.4, 0.5) is 4.79 Å². The Morgan fingerprint density at radius 3 is 1.89 bits per heavy atom. The highest BCUT2D eigenvalue weighted by molar-refractivity contribution is 6.62. The van der Waals surface area contributed by atoms with Crippen molar-refractivity contribution in [3.63, 3.8) is 0 Å². The first kappa shape index (κ1) is 23.5. The first-order valence-corrected chi connectivity index (χ1v) is 9.69. The minimum absolute atomic E-state index is 0.331. The predicted octanol–water partition coefficient (Wildman–Crippen LogP) is 4.38. The number of carbonyl (C=O) groups excluding carboxylic acids is 1. The van der Waals surface area contributed by atoms with E-state index in [1.807, 2.05) is 86.6 Å². The Balaban J connectivity index is 0.00000176. The van der Waals surface area contributed by atoms with E-state index in [1.165, 1.54) is 0 Å². The van der Waals surface area contributed by atoms with Crippen LogP contribution in [0, 0.1) is 0 Å². The van der Waals surface area contributed by atoms with Gasteiger partial charge in [-0.25, -0.2) is 4.79 Å². The molecule has 1 heterocycles. The number of rotatable bonds is 3. The molecule has 0 bridgehead atoms. The normalized spacial score (nSPS) is 17.8. The first-order valence-electron chi connectivity index (χ1n) is 9.69. The van der Waals surface area contributed by atoms with Crippen molar-refractivity contribution in [2.45, 2.75) is 85.7 Å². The third-order valence-corrected chi connectivity index (χ3v) is 4.63. The van der Waals surface area contributed by atoms with Crippen molar-refractivity contribution < 1.29 is 18.8 Å². The zero-order valence-corrected chi connectivity index (χ0v) is 18.7. The molecule has 1 amide bonds. The summed E-state index contributed by atoms with van der Waals surface area (Å²) >= 11 is 0. The number of amides is 1. The van der Waals surface area contributed by atoms with E-state index in [4.69, 9.17) is 14.0 Å². The Bertz CT molecular complexity index is 604. The highest BCUT2D eigenvalue weighted by Crippen LogP contribution is 2.36. The lowest BCUT2D eigenvalue weighted by atomic mass is 9.79. The van der Waals surface area contributed by atoms with E-state index in [0.717, 1.165) is 11.0 Å². The van der Waals surface area contributed by atoms with Crippen LogP contribution in [0.3, 0.4) is 0 Å². The molecule has 1 fully saturated rings. The van der Waals surface area contributed by atoms with Crippen LogP contribution < -0.4 is 5.46 Å². The molecule has 0 saturated carbocycles. The van der Waals surface area contributed by atoms with Crippen LogP contribution in [0.25, 0.3) is 0 Å². The molecule has 0 spiro atoms. The lowest BCUT2D eigenvalue weighted by Gasteiger charge is -2.32. The molecule has 0 N–H and O–H groups in total. The maximum atomic E-state index is 12.0. The van der Waals surface area contributed by atoms with Crippen molar-refractivity contribution in [2.75, 3.05) is 7.05 Å². The summed E-state index contributed by atoms with van der Waals surface area (Å²) in [5.41, 5.74) is 0.794. The second-order valence-electron chi connectivity index (χ2n) is 8.67. The minimum Gasteiger partial charge on any atom is -0.444 e. The summed E-state index contributed by atoms with van der Waals surface area (Å²) in [4.78, 5) is 13.6. The van der Waals surface area contributed by atoms with Crippen LogP contribution >= 0.6 is 0 Å². The SMILES string of the molecule is CC.CN(Cc1ccc(B2OC(C)(C)C(C)(C)O2)cc1)C(=O)OC(C)(C)C. The molecule has 0 atom stereocenters. The molecule has 2 rings (SSSR count). The lowest BCUT2D eigenvalue weighted by Crippen LogP contribution is -2.41. The fourth-order valence-corrected chi connectivity index (χ4v) is 2.44. The van der Waals surface area contributed by atoms with Gasteiger partial charge < -0.3 is 18.9 Å². The largest absolute Gasteiger partial charge is 0.494 e. The van der Waals surface area contributed by atoms with Crippen LogP contribution in [0.2, 0.25) is 0 Å². The Morgan fingerprint density at radius 2 is 1.48 bits per heavy atom. The minimum atomic E-state index is -0.494. The molecule has 5 nitrogen and oxygen atoms in total. The van der Waals surface area contributed by atoms with Gasteiger partial charge >= 0.3 is 13.2 Å². The van der Waals surface area contributed by atoms with Gasteiger partial charge in [0.15, 0.2) is 0 Å². The number of hydrogen-bond donors (Lipinski definition) is 0. The summed E-state index contributed by atoms with van der Waals surface area (Å²) in [5.74, 6) is 0. The number of carbonyl (C=O) groups is 1. The number of hydrogen-bond acceptors (Lipinski definition) is 4. The lowest BCUT2D eigenvalue weighted by molar-refractivity contribution is 0.00578. The van der Waals surface area contributed by atoms with Gasteiger partial charge in [-0.1, -0.05) is 38.1 Å². The number of nitrogens with zero attached hydrogens (tertiary/aromatic N) is 1. The molecule has 6 heteroatoms. The van der Waals surface area contributed by atoms with Gasteiger partial charge in [0.2, 0.25) is 0 Å². The molecular formula is C21H36BNO4. The van der Waals surface area contributed by atoms with Crippen molar-refractivity contribution in [1.29, 1.82) is 0 Å². The molecule has 0 radical (unpaired) electrons. The average Bonchev–Trinajstić information content (AvgIpc) is 2.76. The molecule has 152 valence electrons. The second kappa shape index (κ2) is 8.66. The van der Waals surface area contributed by atoms with Crippen LogP contribution in [0.15, 0.2) is 24.3 Å². The average molecular weight is 377 g/mol. The fourth-order valence-electron chi connectivity index (χ4n) is 2.44. The third kappa shape index (κ3) is 6.25. The van der Waals surface area contributed by atoms with Gasteiger partial charge in [-0.15, -0.1) is 0 Å². The van der Waals surface area contributed by atoms with Crippen LogP contribution in [0.1, 0.15) is 67.9 Å². The van der Waals surface area contributed by atoms with Gasteiger partial charge in [-0.3, -0.25) is 0 Å². The van der Waals surface area contributed by atoms with E-state index in [2.05, 4.69) is 0 Å². The molecule has 0 unspecified atom stereocenters. The van der Waals surface area contributed by atoms with Crippen molar-refractivity contribution in [1.82, 2.24) is 4.90 Å². The van der Waals surface area contributed by atoms with Crippen molar-refractivity contribution >= 4 is 18.7 Å². The van der Waals surface area contributed by atoms with Gasteiger partial charge in [0.1, 0.15) is 5.60 Å². The Kier molecular flexibility index (Phi) is 7.54. The highest BCUT2D eigenvalue weighted by atomic mass is 16.7. The first-order chi connectivity index (χ1) is 12.3. The van der Waals surface area contributed by atoms with E-state index >= 15 is 0 Å². The van der Waals surface area contributed by atoms with Crippen molar-refractivity contribution in [3.05, 3.63) is 29.8 Å². The molecular weight excluding hydrogens is 341 g/mol. The molecule has 1 saturated heterocycles. The molecule has 27 heavy (non-hydrogen) atoms. The standard InChI is InChI=1S/C19H30BNO4.C2H6/c1-17(2,3)23-16(22)21(8)13-14-9-11-15(12-10-14)20-24-18(4,5)19(6,7)25-20;1-2/h9-12H,13H2,1-8H3;1-2H3. The zero-order chi connectivity index (χ0) is 21.0. The van der Waals surface area contributed by atoms with Crippen LogP contribution in [-0.2, 0) is 20.6 Å². The van der Waals surface area contributed by atoms with E-state index in [0.29, 0.717) is 6.54 Å². The smallest absolute Gasteiger partial charge is 0.444 e. The van der Waals surface area contributed by atoms with E-state index in [9.17, 15) is 4.79 Å². The summed E-state index contributed by atoms with van der Waals surface area (Å²) in [5, 5.41) is 0. The molecule has 1 aliphatic rings. The molecule has 0 aromatic heterocycles. The number of benzene rings is 1. The maximum Gasteiger partial charge on any atom is 0.494 e. The number of ether oxygens (including phenoxy) is 1. The Labute approximate surface area is 165 Å². The quantitative estimate of drug-likeness (QED) is 0.734. The molecule has 1 aliphatic heterocycles. The highest BCUT2D eigenvalue weighted by Gasteiger charge is 2.51. The van der Waals surface area contributed by atoms with Crippen molar-refractivity contribution in [2.24, 2.45) is 0 Å². The Morgan fingerprint density at radius 1 is 1.04 bits per heavy atom.